The summed E-state index contributed by atoms with van der Waals surface area (Å²) in [4.78, 5) is 20.0. The Hall–Kier alpha value is -2.92. The molecule has 1 aromatic carbocycles. The number of halogens is 3. The van der Waals surface area contributed by atoms with Gasteiger partial charge in [0.15, 0.2) is 0 Å². The standard InChI is InChI=1S/C20H19F3N4O/c21-20(22,23)18-5-6-25-13-17(18)19(28)27-8-2-7-26(9-10-27)14-16-4-1-3-15(11-16)12-24/h1,3-6,11,13H,2,7-10,14H2. The first-order valence-corrected chi connectivity index (χ1v) is 8.90. The highest BCUT2D eigenvalue weighted by molar-refractivity contribution is 5.95. The van der Waals surface area contributed by atoms with Crippen molar-refractivity contribution in [3.05, 3.63) is 65.0 Å². The van der Waals surface area contributed by atoms with E-state index in [-0.39, 0.29) is 0 Å². The molecule has 0 spiro atoms. The predicted molar refractivity (Wildman–Crippen MR) is 96.2 cm³/mol. The fourth-order valence-electron chi connectivity index (χ4n) is 3.31. The highest BCUT2D eigenvalue weighted by atomic mass is 19.4. The highest BCUT2D eigenvalue weighted by Crippen LogP contribution is 2.32. The van der Waals surface area contributed by atoms with Crippen LogP contribution in [0.5, 0.6) is 0 Å². The molecule has 2 aromatic rings. The van der Waals surface area contributed by atoms with Crippen molar-refractivity contribution in [3.63, 3.8) is 0 Å². The molecule has 28 heavy (non-hydrogen) atoms. The van der Waals surface area contributed by atoms with Crippen molar-refractivity contribution in [2.45, 2.75) is 19.1 Å². The van der Waals surface area contributed by atoms with Gasteiger partial charge in [-0.25, -0.2) is 0 Å². The van der Waals surface area contributed by atoms with Crippen molar-refractivity contribution in [2.24, 2.45) is 0 Å². The number of benzene rings is 1. The molecule has 0 unspecified atom stereocenters. The molecule has 5 nitrogen and oxygen atoms in total. The van der Waals surface area contributed by atoms with E-state index >= 15 is 0 Å². The first kappa shape index (κ1) is 19.8. The Morgan fingerprint density at radius 2 is 2.00 bits per heavy atom. The molecular formula is C20H19F3N4O. The Morgan fingerprint density at radius 1 is 1.18 bits per heavy atom. The van der Waals surface area contributed by atoms with Crippen molar-refractivity contribution in [3.8, 4) is 6.07 Å². The third kappa shape index (κ3) is 4.67. The Morgan fingerprint density at radius 3 is 2.75 bits per heavy atom. The van der Waals surface area contributed by atoms with E-state index in [9.17, 15) is 18.0 Å². The molecule has 0 bridgehead atoms. The average molecular weight is 388 g/mol. The third-order valence-corrected chi connectivity index (χ3v) is 4.69. The second-order valence-electron chi connectivity index (χ2n) is 6.65. The van der Waals surface area contributed by atoms with E-state index in [1.54, 1.807) is 6.07 Å². The summed E-state index contributed by atoms with van der Waals surface area (Å²) in [6.07, 6.45) is -1.91. The van der Waals surface area contributed by atoms with Crippen LogP contribution in [0.2, 0.25) is 0 Å². The number of rotatable bonds is 3. The fourth-order valence-corrected chi connectivity index (χ4v) is 3.31. The maximum Gasteiger partial charge on any atom is 0.417 e. The zero-order valence-corrected chi connectivity index (χ0v) is 15.1. The number of amides is 1. The van der Waals surface area contributed by atoms with Crippen molar-refractivity contribution in [1.29, 1.82) is 5.26 Å². The van der Waals surface area contributed by atoms with Gasteiger partial charge in [-0.2, -0.15) is 18.4 Å². The van der Waals surface area contributed by atoms with Gasteiger partial charge >= 0.3 is 6.18 Å². The van der Waals surface area contributed by atoms with Crippen molar-refractivity contribution < 1.29 is 18.0 Å². The van der Waals surface area contributed by atoms with Crippen molar-refractivity contribution in [1.82, 2.24) is 14.8 Å². The maximum atomic E-state index is 13.2. The molecule has 1 aromatic heterocycles. The Kier molecular flexibility index (Phi) is 5.95. The zero-order valence-electron chi connectivity index (χ0n) is 15.1. The van der Waals surface area contributed by atoms with Crippen LogP contribution in [-0.2, 0) is 12.7 Å². The number of nitriles is 1. The second kappa shape index (κ2) is 8.40. The average Bonchev–Trinajstić information content (AvgIpc) is 2.92. The van der Waals surface area contributed by atoms with Crippen LogP contribution in [0.1, 0.15) is 33.5 Å². The molecule has 0 atom stereocenters. The van der Waals surface area contributed by atoms with Gasteiger partial charge in [-0.05, 0) is 30.2 Å². The van der Waals surface area contributed by atoms with Crippen LogP contribution in [0.15, 0.2) is 42.7 Å². The second-order valence-corrected chi connectivity index (χ2v) is 6.65. The van der Waals surface area contributed by atoms with Gasteiger partial charge in [0.05, 0.1) is 22.8 Å². The van der Waals surface area contributed by atoms with E-state index in [2.05, 4.69) is 16.0 Å². The predicted octanol–water partition coefficient (Wildman–Crippen LogP) is 3.32. The number of pyridine rings is 1. The SMILES string of the molecule is N#Cc1cccc(CN2CCCN(C(=O)c3cnccc3C(F)(F)F)CC2)c1. The lowest BCUT2D eigenvalue weighted by molar-refractivity contribution is -0.138. The number of carbonyl (C=O) groups is 1. The van der Waals surface area contributed by atoms with Gasteiger partial charge in [-0.15, -0.1) is 0 Å². The van der Waals surface area contributed by atoms with Crippen LogP contribution in [0, 0.1) is 11.3 Å². The number of aromatic nitrogens is 1. The minimum atomic E-state index is -4.60. The van der Waals surface area contributed by atoms with Crippen LogP contribution < -0.4 is 0 Å². The van der Waals surface area contributed by atoms with Crippen LogP contribution >= 0.6 is 0 Å². The molecule has 1 aliphatic heterocycles. The Balaban J connectivity index is 1.69. The van der Waals surface area contributed by atoms with Gasteiger partial charge in [0, 0.05) is 45.1 Å². The molecule has 8 heteroatoms. The van der Waals surface area contributed by atoms with Gasteiger partial charge in [0.1, 0.15) is 0 Å². The molecule has 1 amide bonds. The van der Waals surface area contributed by atoms with E-state index in [0.29, 0.717) is 38.2 Å². The summed E-state index contributed by atoms with van der Waals surface area (Å²) in [5, 5.41) is 9.00. The van der Waals surface area contributed by atoms with Crippen LogP contribution in [0.4, 0.5) is 13.2 Å². The molecule has 146 valence electrons. The van der Waals surface area contributed by atoms with Crippen molar-refractivity contribution in [2.75, 3.05) is 26.2 Å². The van der Waals surface area contributed by atoms with E-state index in [0.717, 1.165) is 30.6 Å². The first-order valence-electron chi connectivity index (χ1n) is 8.90. The number of alkyl halides is 3. The summed E-state index contributed by atoms with van der Waals surface area (Å²) in [6.45, 7) is 2.62. The van der Waals surface area contributed by atoms with Gasteiger partial charge < -0.3 is 4.90 Å². The first-order chi connectivity index (χ1) is 13.4. The molecular weight excluding hydrogens is 369 g/mol. The fraction of sp³-hybridized carbons (Fsp3) is 0.350. The number of carbonyl (C=O) groups excluding carboxylic acids is 1. The number of hydrogen-bond acceptors (Lipinski definition) is 4. The molecule has 0 radical (unpaired) electrons. The van der Waals surface area contributed by atoms with E-state index in [4.69, 9.17) is 5.26 Å². The minimum Gasteiger partial charge on any atom is -0.337 e. The molecule has 3 rings (SSSR count). The lowest BCUT2D eigenvalue weighted by Gasteiger charge is -2.23. The van der Waals surface area contributed by atoms with Crippen LogP contribution in [0.3, 0.4) is 0 Å². The summed E-state index contributed by atoms with van der Waals surface area (Å²) in [5.74, 6) is -0.645. The van der Waals surface area contributed by atoms with Crippen LogP contribution in [-0.4, -0.2) is 46.9 Å². The smallest absolute Gasteiger partial charge is 0.337 e. The summed E-state index contributed by atoms with van der Waals surface area (Å²) in [5.41, 5.74) is 0.206. The molecule has 0 aliphatic carbocycles. The van der Waals surface area contributed by atoms with Gasteiger partial charge in [-0.1, -0.05) is 12.1 Å². The van der Waals surface area contributed by atoms with Crippen LogP contribution in [0.25, 0.3) is 0 Å². The zero-order chi connectivity index (χ0) is 20.1. The minimum absolute atomic E-state index is 0.336. The Labute approximate surface area is 161 Å². The summed E-state index contributed by atoms with van der Waals surface area (Å²) in [6, 6.07) is 10.2. The number of hydrogen-bond donors (Lipinski definition) is 0. The molecule has 1 aliphatic rings. The highest BCUT2D eigenvalue weighted by Gasteiger charge is 2.36. The van der Waals surface area contributed by atoms with Gasteiger partial charge in [0.2, 0.25) is 0 Å². The van der Waals surface area contributed by atoms with Gasteiger partial charge in [0.25, 0.3) is 5.91 Å². The normalized spacial score (nSPS) is 15.7. The summed E-state index contributed by atoms with van der Waals surface area (Å²) < 4.78 is 39.6. The lowest BCUT2D eigenvalue weighted by Crippen LogP contribution is -2.36. The molecule has 1 saturated heterocycles. The molecule has 0 saturated carbocycles. The Bertz CT molecular complexity index is 892. The largest absolute Gasteiger partial charge is 0.417 e. The summed E-state index contributed by atoms with van der Waals surface area (Å²) in [7, 11) is 0. The lowest BCUT2D eigenvalue weighted by atomic mass is 10.1. The van der Waals surface area contributed by atoms with E-state index in [1.165, 1.54) is 4.90 Å². The third-order valence-electron chi connectivity index (χ3n) is 4.69. The quantitative estimate of drug-likeness (QED) is 0.809. The molecule has 0 N–H and O–H groups in total. The van der Waals surface area contributed by atoms with Gasteiger partial charge in [-0.3, -0.25) is 14.7 Å². The molecule has 1 fully saturated rings. The van der Waals surface area contributed by atoms with E-state index in [1.807, 2.05) is 18.2 Å². The monoisotopic (exact) mass is 388 g/mol. The summed E-state index contributed by atoms with van der Waals surface area (Å²) >= 11 is 0. The molecule has 2 heterocycles. The van der Waals surface area contributed by atoms with Crippen molar-refractivity contribution >= 4 is 5.91 Å². The maximum absolute atomic E-state index is 13.2. The van der Waals surface area contributed by atoms with E-state index < -0.39 is 23.2 Å². The number of nitrogens with zero attached hydrogens (tertiary/aromatic N) is 4. The topological polar surface area (TPSA) is 60.2 Å².